The number of nitrogens with two attached hydrogens (primary N) is 1. The van der Waals surface area contributed by atoms with E-state index in [0.29, 0.717) is 0 Å². The molecule has 6 heteroatoms. The highest BCUT2D eigenvalue weighted by Gasteiger charge is 2.30. The van der Waals surface area contributed by atoms with Crippen LogP contribution >= 0.6 is 0 Å². The summed E-state index contributed by atoms with van der Waals surface area (Å²) in [7, 11) is 1.70. The molecular weight excluding hydrogens is 178 g/mol. The molecule has 0 heterocycles. The molecule has 0 aromatic heterocycles. The number of hydrogen-bond donors (Lipinski definition) is 6. The van der Waals surface area contributed by atoms with Gasteiger partial charge in [-0.15, -0.1) is 0 Å². The Bertz CT molecular complexity index is 134. The molecule has 80 valence electrons. The summed E-state index contributed by atoms with van der Waals surface area (Å²) in [6.45, 7) is -0.433. The molecule has 0 fully saturated rings. The fourth-order valence-electron chi connectivity index (χ4n) is 0.944. The molecule has 0 amide bonds. The largest absolute Gasteiger partial charge is 0.394 e. The lowest BCUT2D eigenvalue weighted by atomic mass is 10.0. The van der Waals surface area contributed by atoms with Crippen LogP contribution in [0.4, 0.5) is 0 Å². The predicted octanol–water partition coefficient (Wildman–Crippen LogP) is -4.38. The van der Waals surface area contributed by atoms with E-state index in [1.807, 2.05) is 0 Å². The van der Waals surface area contributed by atoms with Crippen molar-refractivity contribution < 1.29 is 30.8 Å². The third kappa shape index (κ3) is 3.99. The highest BCUT2D eigenvalue weighted by Crippen LogP contribution is 2.03. The van der Waals surface area contributed by atoms with Gasteiger partial charge in [0.25, 0.3) is 0 Å². The van der Waals surface area contributed by atoms with Crippen molar-refractivity contribution in [2.45, 2.75) is 24.4 Å². The standard InChI is InChI=1S/C7H17NO5/c1-8-2-4(10)6(12)7(13)5(11)3-9/h4-13H,2-3H2,1H3/p+1/t4-,5+,6+,7+/m0/s1. The van der Waals surface area contributed by atoms with Crippen molar-refractivity contribution >= 4 is 0 Å². The summed E-state index contributed by atoms with van der Waals surface area (Å²) >= 11 is 0. The van der Waals surface area contributed by atoms with Crippen LogP contribution in [0.1, 0.15) is 0 Å². The molecule has 0 aromatic rings. The van der Waals surface area contributed by atoms with Crippen molar-refractivity contribution in [2.75, 3.05) is 20.2 Å². The monoisotopic (exact) mass is 196 g/mol. The molecule has 6 nitrogen and oxygen atoms in total. The molecule has 0 aliphatic rings. The molecule has 0 aromatic carbocycles. The molecule has 0 aliphatic carbocycles. The molecule has 7 N–H and O–H groups in total. The van der Waals surface area contributed by atoms with Gasteiger partial charge in [0.2, 0.25) is 0 Å². The summed E-state index contributed by atoms with van der Waals surface area (Å²) in [5, 5.41) is 46.6. The van der Waals surface area contributed by atoms with Crippen molar-refractivity contribution in [3.63, 3.8) is 0 Å². The molecule has 0 saturated heterocycles. The lowest BCUT2D eigenvalue weighted by Crippen LogP contribution is -2.83. The molecule has 0 unspecified atom stereocenters. The molecule has 0 rings (SSSR count). The summed E-state index contributed by atoms with van der Waals surface area (Å²) in [6.07, 6.45) is -5.53. The number of rotatable bonds is 6. The fourth-order valence-corrected chi connectivity index (χ4v) is 0.944. The molecule has 0 radical (unpaired) electrons. The predicted molar refractivity (Wildman–Crippen MR) is 43.8 cm³/mol. The van der Waals surface area contributed by atoms with E-state index in [1.54, 1.807) is 12.4 Å². The second kappa shape index (κ2) is 6.25. The Hall–Kier alpha value is -0.240. The number of aliphatic hydroxyl groups excluding tert-OH is 5. The van der Waals surface area contributed by atoms with Gasteiger partial charge in [0, 0.05) is 0 Å². The van der Waals surface area contributed by atoms with Gasteiger partial charge in [-0.05, 0) is 0 Å². The normalized spacial score (nSPS) is 20.8. The molecule has 4 atom stereocenters. The van der Waals surface area contributed by atoms with Crippen molar-refractivity contribution in [3.8, 4) is 0 Å². The van der Waals surface area contributed by atoms with Gasteiger partial charge in [-0.25, -0.2) is 0 Å². The number of quaternary nitrogens is 1. The highest BCUT2D eigenvalue weighted by molar-refractivity contribution is 4.79. The Balaban J connectivity index is 3.99. The van der Waals surface area contributed by atoms with E-state index in [9.17, 15) is 10.2 Å². The van der Waals surface area contributed by atoms with Crippen LogP contribution in [-0.4, -0.2) is 70.1 Å². The summed E-state index contributed by atoms with van der Waals surface area (Å²) in [4.78, 5) is 0. The Morgan fingerprint density at radius 3 is 1.85 bits per heavy atom. The maximum absolute atomic E-state index is 9.23. The SMILES string of the molecule is C[NH2+]C[C@H](O)[C@@H](O)[C@H](O)[C@H](O)CO. The molecule has 13 heavy (non-hydrogen) atoms. The quantitative estimate of drug-likeness (QED) is 0.256. The fraction of sp³-hybridized carbons (Fsp3) is 1.00. The van der Waals surface area contributed by atoms with E-state index >= 15 is 0 Å². The second-order valence-corrected chi connectivity index (χ2v) is 2.94. The summed E-state index contributed by atoms with van der Waals surface area (Å²) in [5.74, 6) is 0. The molecule has 0 aliphatic heterocycles. The third-order valence-electron chi connectivity index (χ3n) is 1.80. The number of aliphatic hydroxyl groups is 5. The van der Waals surface area contributed by atoms with E-state index in [1.165, 1.54) is 0 Å². The first kappa shape index (κ1) is 12.8. The van der Waals surface area contributed by atoms with Crippen LogP contribution in [-0.2, 0) is 0 Å². The zero-order valence-electron chi connectivity index (χ0n) is 7.54. The Kier molecular flexibility index (Phi) is 6.13. The summed E-state index contributed by atoms with van der Waals surface area (Å²) in [5.41, 5.74) is 0. The second-order valence-electron chi connectivity index (χ2n) is 2.94. The average molecular weight is 196 g/mol. The van der Waals surface area contributed by atoms with Crippen LogP contribution in [0.15, 0.2) is 0 Å². The van der Waals surface area contributed by atoms with Crippen LogP contribution in [0, 0.1) is 0 Å². The molecular formula is C7H18NO5+. The van der Waals surface area contributed by atoms with Gasteiger partial charge < -0.3 is 30.8 Å². The van der Waals surface area contributed by atoms with Crippen LogP contribution in [0.25, 0.3) is 0 Å². The van der Waals surface area contributed by atoms with Crippen LogP contribution in [0.5, 0.6) is 0 Å². The minimum absolute atomic E-state index is 0.219. The van der Waals surface area contributed by atoms with Gasteiger partial charge in [0.15, 0.2) is 0 Å². The average Bonchev–Trinajstić information content (AvgIpc) is 2.14. The first-order valence-electron chi connectivity index (χ1n) is 4.15. The Morgan fingerprint density at radius 2 is 1.46 bits per heavy atom. The van der Waals surface area contributed by atoms with Gasteiger partial charge in [-0.3, -0.25) is 0 Å². The van der Waals surface area contributed by atoms with Crippen molar-refractivity contribution in [1.29, 1.82) is 0 Å². The Labute approximate surface area is 76.4 Å². The number of hydrogen-bond acceptors (Lipinski definition) is 5. The summed E-state index contributed by atoms with van der Waals surface area (Å²) in [6, 6.07) is 0. The molecule has 0 saturated carbocycles. The van der Waals surface area contributed by atoms with Crippen molar-refractivity contribution in [3.05, 3.63) is 0 Å². The van der Waals surface area contributed by atoms with Crippen LogP contribution < -0.4 is 5.32 Å². The highest BCUT2D eigenvalue weighted by atomic mass is 16.4. The lowest BCUT2D eigenvalue weighted by molar-refractivity contribution is -0.635. The minimum Gasteiger partial charge on any atom is -0.394 e. The van der Waals surface area contributed by atoms with Gasteiger partial charge in [0.05, 0.1) is 13.7 Å². The Morgan fingerprint density at radius 1 is 1.00 bits per heavy atom. The van der Waals surface area contributed by atoms with Crippen LogP contribution in [0.2, 0.25) is 0 Å². The first-order chi connectivity index (χ1) is 6.04. The van der Waals surface area contributed by atoms with E-state index in [2.05, 4.69) is 0 Å². The van der Waals surface area contributed by atoms with Crippen LogP contribution in [0.3, 0.4) is 0 Å². The van der Waals surface area contributed by atoms with Gasteiger partial charge in [0.1, 0.15) is 31.0 Å². The van der Waals surface area contributed by atoms with E-state index < -0.39 is 31.0 Å². The summed E-state index contributed by atoms with van der Waals surface area (Å²) < 4.78 is 0. The first-order valence-corrected chi connectivity index (χ1v) is 4.15. The zero-order valence-corrected chi connectivity index (χ0v) is 7.54. The number of likely N-dealkylation sites (N-methyl/N-ethyl adjacent to an activating group) is 1. The molecule has 0 spiro atoms. The smallest absolute Gasteiger partial charge is 0.131 e. The van der Waals surface area contributed by atoms with Gasteiger partial charge in [-0.1, -0.05) is 0 Å². The van der Waals surface area contributed by atoms with E-state index in [4.69, 9.17) is 15.3 Å². The minimum atomic E-state index is -1.53. The third-order valence-corrected chi connectivity index (χ3v) is 1.80. The molecule has 0 bridgehead atoms. The van der Waals surface area contributed by atoms with E-state index in [0.717, 1.165) is 0 Å². The van der Waals surface area contributed by atoms with E-state index in [-0.39, 0.29) is 6.54 Å². The maximum atomic E-state index is 9.23. The van der Waals surface area contributed by atoms with Gasteiger partial charge >= 0.3 is 0 Å². The zero-order chi connectivity index (χ0) is 10.4. The topological polar surface area (TPSA) is 118 Å². The van der Waals surface area contributed by atoms with Crippen molar-refractivity contribution in [2.24, 2.45) is 0 Å². The lowest BCUT2D eigenvalue weighted by Gasteiger charge is -2.24. The van der Waals surface area contributed by atoms with Crippen molar-refractivity contribution in [1.82, 2.24) is 0 Å². The van der Waals surface area contributed by atoms with Gasteiger partial charge in [-0.2, -0.15) is 0 Å². The maximum Gasteiger partial charge on any atom is 0.131 e.